The summed E-state index contributed by atoms with van der Waals surface area (Å²) < 4.78 is 13.4. The molecule has 0 unspecified atom stereocenters. The highest BCUT2D eigenvalue weighted by atomic mass is 32.2. The molecule has 4 aromatic rings. The highest BCUT2D eigenvalue weighted by molar-refractivity contribution is 7.99. The number of nitrogens with one attached hydrogen (secondary N) is 1. The number of rotatable bonds is 5. The van der Waals surface area contributed by atoms with E-state index in [0.29, 0.717) is 23.4 Å². The van der Waals surface area contributed by atoms with Crippen LogP contribution < -0.4 is 10.2 Å². The number of hydrogen-bond acceptors (Lipinski definition) is 4. The molecule has 0 saturated heterocycles. The lowest BCUT2D eigenvalue weighted by molar-refractivity contribution is 0.0947. The third-order valence-electron chi connectivity index (χ3n) is 5.50. The number of pyridine rings is 1. The Bertz CT molecular complexity index is 1360. The largest absolute Gasteiger partial charge is 0.346 e. The van der Waals surface area contributed by atoms with Crippen LogP contribution in [0, 0.1) is 5.82 Å². The van der Waals surface area contributed by atoms with E-state index in [0.717, 1.165) is 21.0 Å². The molecule has 0 saturated carbocycles. The molecule has 0 fully saturated rings. The van der Waals surface area contributed by atoms with E-state index >= 15 is 0 Å². The van der Waals surface area contributed by atoms with Crippen LogP contribution in [0.3, 0.4) is 0 Å². The molecule has 7 heteroatoms. The fourth-order valence-corrected chi connectivity index (χ4v) is 4.83. The van der Waals surface area contributed by atoms with Gasteiger partial charge >= 0.3 is 0 Å². The van der Waals surface area contributed by atoms with E-state index in [9.17, 15) is 14.0 Å². The van der Waals surface area contributed by atoms with Crippen molar-refractivity contribution < 1.29 is 14.0 Å². The quantitative estimate of drug-likeness (QED) is 0.422. The van der Waals surface area contributed by atoms with Gasteiger partial charge in [-0.05, 0) is 60.2 Å². The summed E-state index contributed by atoms with van der Waals surface area (Å²) in [7, 11) is 0. The molecule has 2 amide bonds. The van der Waals surface area contributed by atoms with Crippen LogP contribution in [0.2, 0.25) is 0 Å². The molecule has 3 aromatic carbocycles. The summed E-state index contributed by atoms with van der Waals surface area (Å²) in [5.74, 6) is -0.759. The van der Waals surface area contributed by atoms with E-state index in [1.54, 1.807) is 41.4 Å². The van der Waals surface area contributed by atoms with Crippen LogP contribution in [0.5, 0.6) is 0 Å². The molecule has 1 aliphatic rings. The van der Waals surface area contributed by atoms with Crippen molar-refractivity contribution in [2.45, 2.75) is 22.9 Å². The SMILES string of the molecule is O=C(NCc1ccccn1)c1ccc2c(c1)N(Cc1ccc(F)cc1)C(=O)c1ccccc1S2. The molecule has 0 bridgehead atoms. The summed E-state index contributed by atoms with van der Waals surface area (Å²) in [5, 5.41) is 2.88. The first kappa shape index (κ1) is 21.9. The molecule has 1 aromatic heterocycles. The van der Waals surface area contributed by atoms with Gasteiger partial charge in [0.2, 0.25) is 0 Å². The van der Waals surface area contributed by atoms with Gasteiger partial charge < -0.3 is 10.2 Å². The van der Waals surface area contributed by atoms with Crippen molar-refractivity contribution in [2.75, 3.05) is 4.90 Å². The maximum Gasteiger partial charge on any atom is 0.259 e. The lowest BCUT2D eigenvalue weighted by Crippen LogP contribution is -2.31. The molecule has 34 heavy (non-hydrogen) atoms. The maximum atomic E-state index is 13.6. The molecular weight excluding hydrogens is 449 g/mol. The van der Waals surface area contributed by atoms with E-state index in [-0.39, 0.29) is 24.2 Å². The molecule has 5 nitrogen and oxygen atoms in total. The van der Waals surface area contributed by atoms with Crippen molar-refractivity contribution in [2.24, 2.45) is 0 Å². The number of nitrogens with zero attached hydrogens (tertiary/aromatic N) is 2. The van der Waals surface area contributed by atoms with Crippen molar-refractivity contribution >= 4 is 29.3 Å². The zero-order valence-corrected chi connectivity index (χ0v) is 18.9. The smallest absolute Gasteiger partial charge is 0.259 e. The second kappa shape index (κ2) is 9.49. The summed E-state index contributed by atoms with van der Waals surface area (Å²) >= 11 is 1.49. The Kier molecular flexibility index (Phi) is 6.10. The van der Waals surface area contributed by atoms with Crippen molar-refractivity contribution in [3.63, 3.8) is 0 Å². The van der Waals surface area contributed by atoms with Gasteiger partial charge in [-0.2, -0.15) is 0 Å². The number of anilines is 1. The summed E-state index contributed by atoms with van der Waals surface area (Å²) in [4.78, 5) is 34.1. The Morgan fingerprint density at radius 2 is 1.74 bits per heavy atom. The molecule has 0 aliphatic carbocycles. The predicted octanol–water partition coefficient (Wildman–Crippen LogP) is 5.46. The van der Waals surface area contributed by atoms with Crippen LogP contribution in [-0.2, 0) is 13.1 Å². The first-order valence-electron chi connectivity index (χ1n) is 10.7. The van der Waals surface area contributed by atoms with Crippen LogP contribution in [0.15, 0.2) is 101 Å². The molecule has 0 spiro atoms. The summed E-state index contributed by atoms with van der Waals surface area (Å²) in [6.45, 7) is 0.551. The van der Waals surface area contributed by atoms with E-state index in [2.05, 4.69) is 10.3 Å². The Balaban J connectivity index is 1.50. The average molecular weight is 470 g/mol. The van der Waals surface area contributed by atoms with Crippen LogP contribution in [0.1, 0.15) is 32.0 Å². The minimum absolute atomic E-state index is 0.169. The highest BCUT2D eigenvalue weighted by Crippen LogP contribution is 2.42. The number of hydrogen-bond donors (Lipinski definition) is 1. The van der Waals surface area contributed by atoms with Crippen molar-refractivity contribution in [1.29, 1.82) is 0 Å². The summed E-state index contributed by atoms with van der Waals surface area (Å²) in [5.41, 5.74) is 3.21. The van der Waals surface area contributed by atoms with Crippen LogP contribution in [-0.4, -0.2) is 16.8 Å². The highest BCUT2D eigenvalue weighted by Gasteiger charge is 2.28. The van der Waals surface area contributed by atoms with E-state index in [1.807, 2.05) is 42.5 Å². The molecule has 168 valence electrons. The number of aromatic nitrogens is 1. The predicted molar refractivity (Wildman–Crippen MR) is 129 cm³/mol. The Morgan fingerprint density at radius 3 is 2.53 bits per heavy atom. The Morgan fingerprint density at radius 1 is 0.941 bits per heavy atom. The summed E-state index contributed by atoms with van der Waals surface area (Å²) in [6, 6.07) is 24.4. The van der Waals surface area contributed by atoms with Crippen molar-refractivity contribution in [1.82, 2.24) is 10.3 Å². The second-order valence-electron chi connectivity index (χ2n) is 7.80. The van der Waals surface area contributed by atoms with Gasteiger partial charge in [0, 0.05) is 21.6 Å². The monoisotopic (exact) mass is 469 g/mol. The van der Waals surface area contributed by atoms with E-state index in [1.165, 1.54) is 23.9 Å². The zero-order chi connectivity index (χ0) is 23.5. The number of carbonyl (C=O) groups is 2. The van der Waals surface area contributed by atoms with E-state index in [4.69, 9.17) is 0 Å². The molecular formula is C27H20FN3O2S. The molecule has 5 rings (SSSR count). The number of carbonyl (C=O) groups excluding carboxylic acids is 2. The number of amides is 2. The average Bonchev–Trinajstić information content (AvgIpc) is 2.98. The lowest BCUT2D eigenvalue weighted by Gasteiger charge is -2.24. The standard InChI is InChI=1S/C27H20FN3O2S/c28-20-11-8-18(9-12-20)17-31-23-15-19(26(32)30-16-21-5-3-4-14-29-21)10-13-25(23)34-24-7-2-1-6-22(24)27(31)33/h1-15H,16-17H2,(H,30,32). The fraction of sp³-hybridized carbons (Fsp3) is 0.0741. The van der Waals surface area contributed by atoms with Gasteiger partial charge in [0.25, 0.3) is 11.8 Å². The number of halogens is 1. The van der Waals surface area contributed by atoms with Gasteiger partial charge in [0.1, 0.15) is 5.82 Å². The van der Waals surface area contributed by atoms with Gasteiger partial charge in [-0.3, -0.25) is 14.6 Å². The van der Waals surface area contributed by atoms with Gasteiger partial charge in [0.05, 0.1) is 30.0 Å². The Labute approximate surface area is 200 Å². The lowest BCUT2D eigenvalue weighted by atomic mass is 10.1. The molecule has 1 N–H and O–H groups in total. The zero-order valence-electron chi connectivity index (χ0n) is 18.1. The normalized spacial score (nSPS) is 12.5. The first-order valence-corrected chi connectivity index (χ1v) is 11.6. The van der Waals surface area contributed by atoms with Crippen LogP contribution in [0.25, 0.3) is 0 Å². The molecule has 0 radical (unpaired) electrons. The Hall–Kier alpha value is -3.97. The maximum absolute atomic E-state index is 13.6. The fourth-order valence-electron chi connectivity index (χ4n) is 3.77. The first-order chi connectivity index (χ1) is 16.6. The van der Waals surface area contributed by atoms with Crippen molar-refractivity contribution in [3.05, 3.63) is 119 Å². The molecule has 1 aliphatic heterocycles. The minimum atomic E-state index is -0.334. The second-order valence-corrected chi connectivity index (χ2v) is 8.89. The van der Waals surface area contributed by atoms with Gasteiger partial charge in [0.15, 0.2) is 0 Å². The van der Waals surface area contributed by atoms with Gasteiger partial charge in [-0.25, -0.2) is 4.39 Å². The minimum Gasteiger partial charge on any atom is -0.346 e. The van der Waals surface area contributed by atoms with E-state index < -0.39 is 0 Å². The molecule has 0 atom stereocenters. The third-order valence-corrected chi connectivity index (χ3v) is 6.65. The summed E-state index contributed by atoms with van der Waals surface area (Å²) in [6.07, 6.45) is 1.68. The molecule has 2 heterocycles. The van der Waals surface area contributed by atoms with Crippen LogP contribution in [0.4, 0.5) is 10.1 Å². The topological polar surface area (TPSA) is 62.3 Å². The number of fused-ring (bicyclic) bond motifs is 2. The van der Waals surface area contributed by atoms with Gasteiger partial charge in [-0.1, -0.05) is 42.1 Å². The van der Waals surface area contributed by atoms with Gasteiger partial charge in [-0.15, -0.1) is 0 Å². The number of benzene rings is 3. The third kappa shape index (κ3) is 4.56. The van der Waals surface area contributed by atoms with Crippen LogP contribution >= 0.6 is 11.8 Å². The van der Waals surface area contributed by atoms with Crippen molar-refractivity contribution in [3.8, 4) is 0 Å².